The molecule has 22 heavy (non-hydrogen) atoms. The van der Waals surface area contributed by atoms with Crippen LogP contribution in [0.2, 0.25) is 0 Å². The molecule has 0 saturated carbocycles. The second-order valence-electron chi connectivity index (χ2n) is 6.09. The monoisotopic (exact) mass is 291 g/mol. The SMILES string of the molecule is CC1(C)CC(c2ccc(C#Cc3cccnc3)cn2)C(=O)N1. The van der Waals surface area contributed by atoms with E-state index in [-0.39, 0.29) is 17.4 Å². The Labute approximate surface area is 130 Å². The van der Waals surface area contributed by atoms with Gasteiger partial charge in [-0.05, 0) is 44.5 Å². The van der Waals surface area contributed by atoms with Gasteiger partial charge in [0.2, 0.25) is 5.91 Å². The molecule has 1 amide bonds. The van der Waals surface area contributed by atoms with Crippen molar-refractivity contribution in [2.45, 2.75) is 31.7 Å². The third kappa shape index (κ3) is 3.15. The molecule has 0 aliphatic carbocycles. The standard InChI is InChI=1S/C18H17N3O/c1-18(2)10-15(17(22)21-18)16-8-7-14(12-20-16)6-5-13-4-3-9-19-11-13/h3-4,7-9,11-12,15H,10H2,1-2H3,(H,21,22). The first kappa shape index (κ1) is 14.3. The normalized spacial score (nSPS) is 19.2. The van der Waals surface area contributed by atoms with Gasteiger partial charge in [-0.25, -0.2) is 0 Å². The van der Waals surface area contributed by atoms with Crippen molar-refractivity contribution in [1.82, 2.24) is 15.3 Å². The van der Waals surface area contributed by atoms with Gasteiger partial charge in [-0.15, -0.1) is 0 Å². The Morgan fingerprint density at radius 1 is 1.18 bits per heavy atom. The zero-order valence-corrected chi connectivity index (χ0v) is 12.6. The van der Waals surface area contributed by atoms with Crippen molar-refractivity contribution in [3.05, 3.63) is 59.7 Å². The zero-order valence-electron chi connectivity index (χ0n) is 12.6. The molecule has 1 aliphatic heterocycles. The molecule has 4 heteroatoms. The van der Waals surface area contributed by atoms with E-state index >= 15 is 0 Å². The zero-order chi connectivity index (χ0) is 15.6. The largest absolute Gasteiger partial charge is 0.351 e. The average Bonchev–Trinajstić information content (AvgIpc) is 2.80. The van der Waals surface area contributed by atoms with E-state index in [1.165, 1.54) is 0 Å². The summed E-state index contributed by atoms with van der Waals surface area (Å²) in [4.78, 5) is 20.4. The van der Waals surface area contributed by atoms with E-state index in [0.717, 1.165) is 23.2 Å². The summed E-state index contributed by atoms with van der Waals surface area (Å²) in [5.74, 6) is 5.97. The maximum absolute atomic E-state index is 12.0. The van der Waals surface area contributed by atoms with Crippen LogP contribution in [0.1, 0.15) is 43.0 Å². The van der Waals surface area contributed by atoms with Crippen LogP contribution in [0.4, 0.5) is 0 Å². The van der Waals surface area contributed by atoms with E-state index in [9.17, 15) is 4.79 Å². The first-order valence-electron chi connectivity index (χ1n) is 7.23. The molecule has 0 spiro atoms. The lowest BCUT2D eigenvalue weighted by molar-refractivity contribution is -0.120. The minimum atomic E-state index is -0.171. The van der Waals surface area contributed by atoms with Crippen LogP contribution in [0, 0.1) is 11.8 Å². The summed E-state index contributed by atoms with van der Waals surface area (Å²) in [5.41, 5.74) is 2.33. The third-order valence-electron chi connectivity index (χ3n) is 3.65. The highest BCUT2D eigenvalue weighted by molar-refractivity contribution is 5.86. The fraction of sp³-hybridized carbons (Fsp3) is 0.278. The highest BCUT2D eigenvalue weighted by Crippen LogP contribution is 2.31. The molecule has 2 aromatic heterocycles. The molecule has 1 unspecified atom stereocenters. The fourth-order valence-corrected chi connectivity index (χ4v) is 2.58. The van der Waals surface area contributed by atoms with Crippen LogP contribution in [0.3, 0.4) is 0 Å². The minimum Gasteiger partial charge on any atom is -0.351 e. The number of hydrogen-bond donors (Lipinski definition) is 1. The number of aromatic nitrogens is 2. The molecule has 1 aliphatic rings. The van der Waals surface area contributed by atoms with Crippen molar-refractivity contribution in [3.63, 3.8) is 0 Å². The first-order valence-corrected chi connectivity index (χ1v) is 7.23. The minimum absolute atomic E-state index is 0.0479. The maximum atomic E-state index is 12.0. The van der Waals surface area contributed by atoms with Gasteiger partial charge in [0.05, 0.1) is 11.6 Å². The summed E-state index contributed by atoms with van der Waals surface area (Å²) < 4.78 is 0. The van der Waals surface area contributed by atoms with Crippen LogP contribution in [-0.2, 0) is 4.79 Å². The number of amides is 1. The van der Waals surface area contributed by atoms with E-state index in [2.05, 4.69) is 27.1 Å². The molecule has 1 saturated heterocycles. The van der Waals surface area contributed by atoms with Gasteiger partial charge in [0.15, 0.2) is 0 Å². The van der Waals surface area contributed by atoms with E-state index < -0.39 is 0 Å². The van der Waals surface area contributed by atoms with Crippen molar-refractivity contribution in [3.8, 4) is 11.8 Å². The summed E-state index contributed by atoms with van der Waals surface area (Å²) in [7, 11) is 0. The number of nitrogens with zero attached hydrogens (tertiary/aromatic N) is 2. The Kier molecular flexibility index (Phi) is 3.64. The van der Waals surface area contributed by atoms with E-state index in [1.807, 2.05) is 38.1 Å². The number of carbonyl (C=O) groups is 1. The van der Waals surface area contributed by atoms with Crippen LogP contribution in [0.15, 0.2) is 42.9 Å². The summed E-state index contributed by atoms with van der Waals surface area (Å²) in [6, 6.07) is 7.56. The van der Waals surface area contributed by atoms with Gasteiger partial charge in [0, 0.05) is 35.3 Å². The van der Waals surface area contributed by atoms with E-state index in [0.29, 0.717) is 0 Å². The van der Waals surface area contributed by atoms with Gasteiger partial charge in [-0.3, -0.25) is 14.8 Å². The lowest BCUT2D eigenvalue weighted by Crippen LogP contribution is -2.34. The lowest BCUT2D eigenvalue weighted by Gasteiger charge is -2.16. The Balaban J connectivity index is 1.77. The molecular formula is C18H17N3O. The predicted octanol–water partition coefficient (Wildman–Crippen LogP) is 2.26. The molecule has 2 aromatic rings. The predicted molar refractivity (Wildman–Crippen MR) is 84.0 cm³/mol. The molecule has 0 aromatic carbocycles. The number of nitrogens with one attached hydrogen (secondary N) is 1. The molecule has 1 fully saturated rings. The topological polar surface area (TPSA) is 54.9 Å². The van der Waals surface area contributed by atoms with Crippen molar-refractivity contribution in [1.29, 1.82) is 0 Å². The lowest BCUT2D eigenvalue weighted by atomic mass is 9.94. The number of pyridine rings is 2. The highest BCUT2D eigenvalue weighted by atomic mass is 16.2. The summed E-state index contributed by atoms with van der Waals surface area (Å²) in [6.07, 6.45) is 5.92. The van der Waals surface area contributed by atoms with E-state index in [4.69, 9.17) is 0 Å². The molecule has 110 valence electrons. The third-order valence-corrected chi connectivity index (χ3v) is 3.65. The van der Waals surface area contributed by atoms with Crippen LogP contribution in [-0.4, -0.2) is 21.4 Å². The van der Waals surface area contributed by atoms with Gasteiger partial charge in [0.25, 0.3) is 0 Å². The molecule has 0 radical (unpaired) electrons. The Morgan fingerprint density at radius 2 is 1.95 bits per heavy atom. The summed E-state index contributed by atoms with van der Waals surface area (Å²) in [5, 5.41) is 2.99. The maximum Gasteiger partial charge on any atom is 0.229 e. The van der Waals surface area contributed by atoms with Crippen molar-refractivity contribution in [2.75, 3.05) is 0 Å². The Hall–Kier alpha value is -2.67. The summed E-state index contributed by atoms with van der Waals surface area (Å²) >= 11 is 0. The van der Waals surface area contributed by atoms with Crippen molar-refractivity contribution < 1.29 is 4.79 Å². The highest BCUT2D eigenvalue weighted by Gasteiger charge is 2.38. The number of rotatable bonds is 1. The van der Waals surface area contributed by atoms with Crippen LogP contribution in [0.25, 0.3) is 0 Å². The van der Waals surface area contributed by atoms with Crippen molar-refractivity contribution in [2.24, 2.45) is 0 Å². The average molecular weight is 291 g/mol. The molecule has 1 N–H and O–H groups in total. The smallest absolute Gasteiger partial charge is 0.229 e. The van der Waals surface area contributed by atoms with Crippen molar-refractivity contribution >= 4 is 5.91 Å². The van der Waals surface area contributed by atoms with Crippen LogP contribution < -0.4 is 5.32 Å². The number of hydrogen-bond acceptors (Lipinski definition) is 3. The summed E-state index contributed by atoms with van der Waals surface area (Å²) in [6.45, 7) is 4.05. The number of carbonyl (C=O) groups excluding carboxylic acids is 1. The van der Waals surface area contributed by atoms with Crippen LogP contribution >= 0.6 is 0 Å². The molecule has 3 heterocycles. The van der Waals surface area contributed by atoms with Gasteiger partial charge in [0.1, 0.15) is 0 Å². The Bertz CT molecular complexity index is 739. The first-order chi connectivity index (χ1) is 10.5. The quantitative estimate of drug-likeness (QED) is 0.820. The molecule has 0 bridgehead atoms. The van der Waals surface area contributed by atoms with Crippen LogP contribution in [0.5, 0.6) is 0 Å². The van der Waals surface area contributed by atoms with Gasteiger partial charge in [-0.2, -0.15) is 0 Å². The second-order valence-corrected chi connectivity index (χ2v) is 6.09. The Morgan fingerprint density at radius 3 is 2.50 bits per heavy atom. The van der Waals surface area contributed by atoms with E-state index in [1.54, 1.807) is 18.6 Å². The molecule has 1 atom stereocenters. The molecule has 3 rings (SSSR count). The van der Waals surface area contributed by atoms with Gasteiger partial charge >= 0.3 is 0 Å². The van der Waals surface area contributed by atoms with Gasteiger partial charge in [-0.1, -0.05) is 11.8 Å². The molecular weight excluding hydrogens is 274 g/mol. The second kappa shape index (κ2) is 5.61. The van der Waals surface area contributed by atoms with Gasteiger partial charge < -0.3 is 5.32 Å². The molecule has 4 nitrogen and oxygen atoms in total. The fourth-order valence-electron chi connectivity index (χ4n) is 2.58.